The average molecular weight is 290 g/mol. The molecule has 0 saturated heterocycles. The van der Waals surface area contributed by atoms with Gasteiger partial charge in [0, 0.05) is 16.6 Å². The Balaban J connectivity index is 1.90. The van der Waals surface area contributed by atoms with E-state index in [0.717, 1.165) is 6.42 Å². The molecular weight excluding hydrogens is 273 g/mol. The standard InChI is InChI=1S/C17H17ClFN/c1-20-17-12(9-11-5-2-3-6-13(11)17)10-14-15(18)7-4-8-16(14)19/h2-8,12,17,20H,9-10H2,1H3. The van der Waals surface area contributed by atoms with Crippen LogP contribution >= 0.6 is 11.6 Å². The molecule has 0 fully saturated rings. The molecule has 0 aromatic heterocycles. The molecule has 1 aliphatic carbocycles. The molecule has 0 bridgehead atoms. The largest absolute Gasteiger partial charge is 0.313 e. The van der Waals surface area contributed by atoms with Crippen molar-refractivity contribution in [2.75, 3.05) is 7.05 Å². The number of fused-ring (bicyclic) bond motifs is 1. The number of nitrogens with one attached hydrogen (secondary N) is 1. The van der Waals surface area contributed by atoms with E-state index in [-0.39, 0.29) is 11.9 Å². The van der Waals surface area contributed by atoms with E-state index in [1.165, 1.54) is 17.2 Å². The maximum atomic E-state index is 14.0. The molecule has 0 amide bonds. The molecule has 1 N–H and O–H groups in total. The highest BCUT2D eigenvalue weighted by molar-refractivity contribution is 6.31. The van der Waals surface area contributed by atoms with Crippen LogP contribution in [0, 0.1) is 11.7 Å². The van der Waals surface area contributed by atoms with Crippen molar-refractivity contribution >= 4 is 11.6 Å². The van der Waals surface area contributed by atoms with E-state index in [0.29, 0.717) is 22.9 Å². The smallest absolute Gasteiger partial charge is 0.127 e. The molecule has 0 heterocycles. The lowest BCUT2D eigenvalue weighted by molar-refractivity contribution is 0.404. The summed E-state index contributed by atoms with van der Waals surface area (Å²) in [4.78, 5) is 0. The SMILES string of the molecule is CNC1c2ccccc2CC1Cc1c(F)cccc1Cl. The number of hydrogen-bond donors (Lipinski definition) is 1. The minimum atomic E-state index is -0.205. The molecule has 20 heavy (non-hydrogen) atoms. The summed E-state index contributed by atoms with van der Waals surface area (Å²) in [5, 5.41) is 3.89. The second-order valence-electron chi connectivity index (χ2n) is 5.33. The average Bonchev–Trinajstić information content (AvgIpc) is 2.80. The number of hydrogen-bond acceptors (Lipinski definition) is 1. The van der Waals surface area contributed by atoms with Crippen LogP contribution in [0.2, 0.25) is 5.02 Å². The van der Waals surface area contributed by atoms with Gasteiger partial charge in [-0.15, -0.1) is 0 Å². The van der Waals surface area contributed by atoms with E-state index in [1.807, 2.05) is 7.05 Å². The summed E-state index contributed by atoms with van der Waals surface area (Å²) in [5.74, 6) is 0.134. The molecule has 0 radical (unpaired) electrons. The molecule has 0 saturated carbocycles. The fraction of sp³-hybridized carbons (Fsp3) is 0.294. The summed E-state index contributed by atoms with van der Waals surface area (Å²) in [7, 11) is 1.96. The molecule has 3 rings (SSSR count). The van der Waals surface area contributed by atoms with Crippen molar-refractivity contribution in [1.82, 2.24) is 5.32 Å². The third-order valence-electron chi connectivity index (χ3n) is 4.18. The van der Waals surface area contributed by atoms with Gasteiger partial charge in [-0.1, -0.05) is 41.9 Å². The molecule has 2 aromatic carbocycles. The van der Waals surface area contributed by atoms with Crippen LogP contribution in [0.3, 0.4) is 0 Å². The molecule has 0 spiro atoms. The zero-order chi connectivity index (χ0) is 14.1. The lowest BCUT2D eigenvalue weighted by Gasteiger charge is -2.20. The van der Waals surface area contributed by atoms with E-state index in [4.69, 9.17) is 11.6 Å². The quantitative estimate of drug-likeness (QED) is 0.895. The third-order valence-corrected chi connectivity index (χ3v) is 4.54. The molecule has 1 nitrogen and oxygen atoms in total. The van der Waals surface area contributed by atoms with Gasteiger partial charge in [0.25, 0.3) is 0 Å². The van der Waals surface area contributed by atoms with Crippen LogP contribution < -0.4 is 5.32 Å². The van der Waals surface area contributed by atoms with E-state index >= 15 is 0 Å². The lowest BCUT2D eigenvalue weighted by Crippen LogP contribution is -2.23. The van der Waals surface area contributed by atoms with Gasteiger partial charge in [0.15, 0.2) is 0 Å². The lowest BCUT2D eigenvalue weighted by atomic mass is 9.92. The van der Waals surface area contributed by atoms with Gasteiger partial charge in [0.1, 0.15) is 5.82 Å². The van der Waals surface area contributed by atoms with Crippen molar-refractivity contribution in [3.8, 4) is 0 Å². The Bertz CT molecular complexity index is 606. The van der Waals surface area contributed by atoms with E-state index in [9.17, 15) is 4.39 Å². The molecule has 2 unspecified atom stereocenters. The molecule has 0 aliphatic heterocycles. The first-order valence-electron chi connectivity index (χ1n) is 6.88. The van der Waals surface area contributed by atoms with Gasteiger partial charge in [0.2, 0.25) is 0 Å². The van der Waals surface area contributed by atoms with Gasteiger partial charge in [-0.3, -0.25) is 0 Å². The minimum Gasteiger partial charge on any atom is -0.313 e. The van der Waals surface area contributed by atoms with Crippen LogP contribution in [0.15, 0.2) is 42.5 Å². The Morgan fingerprint density at radius 2 is 2.00 bits per heavy atom. The zero-order valence-electron chi connectivity index (χ0n) is 11.4. The summed E-state index contributed by atoms with van der Waals surface area (Å²) < 4.78 is 14.0. The molecule has 104 valence electrons. The minimum absolute atomic E-state index is 0.205. The van der Waals surface area contributed by atoms with Crippen LogP contribution in [-0.2, 0) is 12.8 Å². The van der Waals surface area contributed by atoms with Gasteiger partial charge in [-0.2, -0.15) is 0 Å². The fourth-order valence-corrected chi connectivity index (χ4v) is 3.49. The van der Waals surface area contributed by atoms with Crippen molar-refractivity contribution in [2.45, 2.75) is 18.9 Å². The first-order valence-corrected chi connectivity index (χ1v) is 7.26. The molecule has 3 heteroatoms. The van der Waals surface area contributed by atoms with Crippen LogP contribution in [0.1, 0.15) is 22.7 Å². The van der Waals surface area contributed by atoms with Gasteiger partial charge in [-0.05, 0) is 49.1 Å². The van der Waals surface area contributed by atoms with Crippen molar-refractivity contribution < 1.29 is 4.39 Å². The highest BCUT2D eigenvalue weighted by atomic mass is 35.5. The molecule has 2 atom stereocenters. The maximum absolute atomic E-state index is 14.0. The Morgan fingerprint density at radius 3 is 2.75 bits per heavy atom. The van der Waals surface area contributed by atoms with Gasteiger partial charge in [-0.25, -0.2) is 4.39 Å². The van der Waals surface area contributed by atoms with E-state index in [2.05, 4.69) is 29.6 Å². The first-order chi connectivity index (χ1) is 9.70. The summed E-state index contributed by atoms with van der Waals surface area (Å²) >= 11 is 6.15. The fourth-order valence-electron chi connectivity index (χ4n) is 3.25. The van der Waals surface area contributed by atoms with Crippen molar-refractivity contribution in [3.63, 3.8) is 0 Å². The molecule has 1 aliphatic rings. The van der Waals surface area contributed by atoms with E-state index < -0.39 is 0 Å². The zero-order valence-corrected chi connectivity index (χ0v) is 12.1. The summed E-state index contributed by atoms with van der Waals surface area (Å²) in [5.41, 5.74) is 3.31. The Morgan fingerprint density at radius 1 is 1.20 bits per heavy atom. The summed E-state index contributed by atoms with van der Waals surface area (Å²) in [6, 6.07) is 13.6. The van der Waals surface area contributed by atoms with Crippen LogP contribution in [0.25, 0.3) is 0 Å². The second-order valence-corrected chi connectivity index (χ2v) is 5.74. The number of benzene rings is 2. The second kappa shape index (κ2) is 5.55. The van der Waals surface area contributed by atoms with Gasteiger partial charge >= 0.3 is 0 Å². The number of halogens is 2. The first kappa shape index (κ1) is 13.6. The Labute approximate surface area is 123 Å². The Kier molecular flexibility index (Phi) is 3.77. The molecule has 2 aromatic rings. The maximum Gasteiger partial charge on any atom is 0.127 e. The molecular formula is C17H17ClFN. The van der Waals surface area contributed by atoms with Gasteiger partial charge < -0.3 is 5.32 Å². The predicted octanol–water partition coefficient (Wildman–Crippen LogP) is 4.15. The highest BCUT2D eigenvalue weighted by Gasteiger charge is 2.31. The normalized spacial score (nSPS) is 20.9. The van der Waals surface area contributed by atoms with Crippen molar-refractivity contribution in [1.29, 1.82) is 0 Å². The topological polar surface area (TPSA) is 12.0 Å². The Hall–Kier alpha value is -1.38. The number of rotatable bonds is 3. The van der Waals surface area contributed by atoms with E-state index in [1.54, 1.807) is 12.1 Å². The van der Waals surface area contributed by atoms with Crippen LogP contribution in [0.4, 0.5) is 4.39 Å². The van der Waals surface area contributed by atoms with Crippen LogP contribution in [-0.4, -0.2) is 7.05 Å². The van der Waals surface area contributed by atoms with Gasteiger partial charge in [0.05, 0.1) is 0 Å². The van der Waals surface area contributed by atoms with Crippen molar-refractivity contribution in [3.05, 3.63) is 70.0 Å². The monoisotopic (exact) mass is 289 g/mol. The van der Waals surface area contributed by atoms with Crippen molar-refractivity contribution in [2.24, 2.45) is 5.92 Å². The summed E-state index contributed by atoms with van der Waals surface area (Å²) in [6.07, 6.45) is 1.62. The summed E-state index contributed by atoms with van der Waals surface area (Å²) in [6.45, 7) is 0. The third kappa shape index (κ3) is 2.34. The highest BCUT2D eigenvalue weighted by Crippen LogP contribution is 2.38. The predicted molar refractivity (Wildman–Crippen MR) is 80.6 cm³/mol. The van der Waals surface area contributed by atoms with Crippen LogP contribution in [0.5, 0.6) is 0 Å².